The van der Waals surface area contributed by atoms with Crippen LogP contribution in [0.4, 0.5) is 0 Å². The van der Waals surface area contributed by atoms with E-state index in [1.54, 1.807) is 14.2 Å². The normalized spacial score (nSPS) is 18.7. The highest BCUT2D eigenvalue weighted by Crippen LogP contribution is 2.60. The summed E-state index contributed by atoms with van der Waals surface area (Å²) in [7, 11) is 7.29. The van der Waals surface area contributed by atoms with E-state index in [0.29, 0.717) is 5.41 Å². The third-order valence-electron chi connectivity index (χ3n) is 5.76. The fourth-order valence-electron chi connectivity index (χ4n) is 3.75. The van der Waals surface area contributed by atoms with E-state index in [9.17, 15) is 0 Å². The Morgan fingerprint density at radius 1 is 1.24 bits per heavy atom. The van der Waals surface area contributed by atoms with Crippen LogP contribution < -0.4 is 14.8 Å². The molecule has 2 aliphatic carbocycles. The van der Waals surface area contributed by atoms with Gasteiger partial charge < -0.3 is 19.7 Å². The lowest BCUT2D eigenvalue weighted by molar-refractivity contribution is 0.353. The zero-order valence-corrected chi connectivity index (χ0v) is 16.2. The predicted molar refractivity (Wildman–Crippen MR) is 102 cm³/mol. The number of nitrogens with one attached hydrogen (secondary N) is 1. The highest BCUT2D eigenvalue weighted by Gasteiger charge is 2.53. The lowest BCUT2D eigenvalue weighted by Gasteiger charge is -2.25. The number of hydrogen-bond acceptors (Lipinski definition) is 3. The lowest BCUT2D eigenvalue weighted by Crippen LogP contribution is -2.41. The van der Waals surface area contributed by atoms with Gasteiger partial charge in [0.25, 0.3) is 0 Å². The summed E-state index contributed by atoms with van der Waals surface area (Å²) in [6.45, 7) is 3.94. The molecule has 0 heterocycles. The first-order valence-corrected chi connectivity index (χ1v) is 9.16. The Kier molecular flexibility index (Phi) is 5.11. The van der Waals surface area contributed by atoms with E-state index in [1.807, 2.05) is 13.1 Å². The fraction of sp³-hybridized carbons (Fsp3) is 0.650. The molecule has 2 aliphatic rings. The SMILES string of the molecule is CN=C(NCC1(C2CC2)CC1)N(C)Cc1cc(OC)c(OC)cc1C. The van der Waals surface area contributed by atoms with Gasteiger partial charge >= 0.3 is 0 Å². The van der Waals surface area contributed by atoms with Gasteiger partial charge in [0.1, 0.15) is 0 Å². The third kappa shape index (κ3) is 3.86. The summed E-state index contributed by atoms with van der Waals surface area (Å²) >= 11 is 0. The van der Waals surface area contributed by atoms with Crippen molar-refractivity contribution in [1.29, 1.82) is 0 Å². The van der Waals surface area contributed by atoms with Crippen molar-refractivity contribution < 1.29 is 9.47 Å². The number of nitrogens with zero attached hydrogens (tertiary/aromatic N) is 2. The molecule has 0 spiro atoms. The van der Waals surface area contributed by atoms with E-state index in [-0.39, 0.29) is 0 Å². The highest BCUT2D eigenvalue weighted by atomic mass is 16.5. The fourth-order valence-corrected chi connectivity index (χ4v) is 3.75. The maximum atomic E-state index is 5.44. The summed E-state index contributed by atoms with van der Waals surface area (Å²) in [6, 6.07) is 4.09. The van der Waals surface area contributed by atoms with Crippen LogP contribution in [0.25, 0.3) is 0 Å². The topological polar surface area (TPSA) is 46.1 Å². The van der Waals surface area contributed by atoms with E-state index in [4.69, 9.17) is 9.47 Å². The molecule has 0 aliphatic heterocycles. The number of aliphatic imine (C=N–C) groups is 1. The summed E-state index contributed by atoms with van der Waals surface area (Å²) in [5.74, 6) is 3.46. The molecule has 0 saturated heterocycles. The van der Waals surface area contributed by atoms with Gasteiger partial charge in [-0.1, -0.05) is 0 Å². The molecule has 0 atom stereocenters. The van der Waals surface area contributed by atoms with Gasteiger partial charge in [-0.05, 0) is 67.2 Å². The number of ether oxygens (including phenoxy) is 2. The van der Waals surface area contributed by atoms with Gasteiger partial charge in [0.05, 0.1) is 14.2 Å². The van der Waals surface area contributed by atoms with E-state index >= 15 is 0 Å². The molecule has 0 amide bonds. The van der Waals surface area contributed by atoms with Crippen LogP contribution in [0.1, 0.15) is 36.8 Å². The zero-order chi connectivity index (χ0) is 18.0. The average Bonchev–Trinajstić information content (AvgIpc) is 3.49. The third-order valence-corrected chi connectivity index (χ3v) is 5.76. The minimum atomic E-state index is 0.566. The van der Waals surface area contributed by atoms with Crippen molar-refractivity contribution in [3.05, 3.63) is 23.3 Å². The zero-order valence-electron chi connectivity index (χ0n) is 16.2. The van der Waals surface area contributed by atoms with Gasteiger partial charge in [-0.3, -0.25) is 4.99 Å². The van der Waals surface area contributed by atoms with Gasteiger partial charge in [0.15, 0.2) is 17.5 Å². The minimum absolute atomic E-state index is 0.566. The Bertz CT molecular complexity index is 649. The van der Waals surface area contributed by atoms with Crippen LogP contribution in [0.15, 0.2) is 17.1 Å². The summed E-state index contributed by atoms with van der Waals surface area (Å²) in [5, 5.41) is 3.60. The lowest BCUT2D eigenvalue weighted by atomic mass is 10.0. The number of aryl methyl sites for hydroxylation is 1. The van der Waals surface area contributed by atoms with Crippen LogP contribution in [0, 0.1) is 18.3 Å². The summed E-state index contributed by atoms with van der Waals surface area (Å²) in [4.78, 5) is 6.65. The standard InChI is InChI=1S/C20H31N3O2/c1-14-10-17(24-4)18(25-5)11-15(14)12-23(3)19(21-2)22-13-20(8-9-20)16-6-7-16/h10-11,16H,6-9,12-13H2,1-5H3,(H,21,22). The number of methoxy groups -OCH3 is 2. The molecule has 3 rings (SSSR count). The Balaban J connectivity index is 1.64. The quantitative estimate of drug-likeness (QED) is 0.609. The first kappa shape index (κ1) is 17.9. The van der Waals surface area contributed by atoms with Crippen molar-refractivity contribution in [2.75, 3.05) is 34.9 Å². The van der Waals surface area contributed by atoms with Crippen LogP contribution in [-0.4, -0.2) is 45.7 Å². The second-order valence-electron chi connectivity index (χ2n) is 7.53. The molecule has 2 saturated carbocycles. The van der Waals surface area contributed by atoms with Crippen molar-refractivity contribution in [3.63, 3.8) is 0 Å². The molecule has 1 aromatic carbocycles. The second kappa shape index (κ2) is 7.14. The van der Waals surface area contributed by atoms with Gasteiger partial charge in [0, 0.05) is 27.2 Å². The number of guanidine groups is 1. The minimum Gasteiger partial charge on any atom is -0.493 e. The average molecular weight is 345 g/mol. The molecular weight excluding hydrogens is 314 g/mol. The predicted octanol–water partition coefficient (Wildman–Crippen LogP) is 3.21. The molecule has 25 heavy (non-hydrogen) atoms. The van der Waals surface area contributed by atoms with Crippen molar-refractivity contribution in [2.24, 2.45) is 16.3 Å². The molecule has 1 N–H and O–H groups in total. The van der Waals surface area contributed by atoms with Crippen molar-refractivity contribution in [2.45, 2.75) is 39.2 Å². The molecule has 5 heteroatoms. The smallest absolute Gasteiger partial charge is 0.193 e. The van der Waals surface area contributed by atoms with Crippen LogP contribution in [-0.2, 0) is 6.54 Å². The van der Waals surface area contributed by atoms with Gasteiger partial charge in [-0.2, -0.15) is 0 Å². The maximum absolute atomic E-state index is 5.44. The van der Waals surface area contributed by atoms with Crippen molar-refractivity contribution in [3.8, 4) is 11.5 Å². The summed E-state index contributed by atoms with van der Waals surface area (Å²) < 4.78 is 10.8. The first-order chi connectivity index (χ1) is 12.0. The molecule has 0 radical (unpaired) electrons. The van der Waals surface area contributed by atoms with Gasteiger partial charge in [-0.15, -0.1) is 0 Å². The molecule has 2 fully saturated rings. The summed E-state index contributed by atoms with van der Waals surface area (Å²) in [5.41, 5.74) is 2.97. The second-order valence-corrected chi connectivity index (χ2v) is 7.53. The van der Waals surface area contributed by atoms with Crippen LogP contribution in [0.3, 0.4) is 0 Å². The van der Waals surface area contributed by atoms with E-state index in [2.05, 4.69) is 35.2 Å². The molecule has 0 aromatic heterocycles. The molecule has 0 bridgehead atoms. The van der Waals surface area contributed by atoms with Gasteiger partial charge in [0.2, 0.25) is 0 Å². The number of hydrogen-bond donors (Lipinski definition) is 1. The van der Waals surface area contributed by atoms with Gasteiger partial charge in [-0.25, -0.2) is 0 Å². The largest absolute Gasteiger partial charge is 0.493 e. The molecule has 1 aromatic rings. The van der Waals surface area contributed by atoms with Crippen LogP contribution >= 0.6 is 0 Å². The molecule has 0 unspecified atom stereocenters. The molecule has 5 nitrogen and oxygen atoms in total. The Hall–Kier alpha value is -1.91. The van der Waals surface area contributed by atoms with Crippen LogP contribution in [0.2, 0.25) is 0 Å². The Morgan fingerprint density at radius 2 is 1.88 bits per heavy atom. The van der Waals surface area contributed by atoms with Crippen molar-refractivity contribution in [1.82, 2.24) is 10.2 Å². The number of benzene rings is 1. The van der Waals surface area contributed by atoms with Crippen molar-refractivity contribution >= 4 is 5.96 Å². The molecule has 138 valence electrons. The number of rotatable bonds is 7. The van der Waals surface area contributed by atoms with E-state index < -0.39 is 0 Å². The maximum Gasteiger partial charge on any atom is 0.193 e. The molecular formula is C20H31N3O2. The first-order valence-electron chi connectivity index (χ1n) is 9.16. The monoisotopic (exact) mass is 345 g/mol. The Morgan fingerprint density at radius 3 is 2.40 bits per heavy atom. The summed E-state index contributed by atoms with van der Waals surface area (Å²) in [6.07, 6.45) is 5.59. The van der Waals surface area contributed by atoms with E-state index in [0.717, 1.165) is 36.5 Å². The highest BCUT2D eigenvalue weighted by molar-refractivity contribution is 5.79. The Labute approximate surface area is 151 Å². The van der Waals surface area contributed by atoms with E-state index in [1.165, 1.54) is 36.8 Å². The van der Waals surface area contributed by atoms with Crippen LogP contribution in [0.5, 0.6) is 11.5 Å².